The maximum Gasteiger partial charge on any atom is 0.311 e. The molecule has 4 fully saturated rings. The van der Waals surface area contributed by atoms with E-state index < -0.39 is 36.1 Å². The molecule has 0 aliphatic heterocycles. The van der Waals surface area contributed by atoms with E-state index >= 15 is 0 Å². The molecule has 0 bridgehead atoms. The van der Waals surface area contributed by atoms with Crippen molar-refractivity contribution in [3.63, 3.8) is 0 Å². The summed E-state index contributed by atoms with van der Waals surface area (Å²) >= 11 is 0. The van der Waals surface area contributed by atoms with Crippen molar-refractivity contribution >= 4 is 11.9 Å². The molecule has 0 aromatic carbocycles. The van der Waals surface area contributed by atoms with E-state index in [9.17, 15) is 35.1 Å². The van der Waals surface area contributed by atoms with Gasteiger partial charge in [0.15, 0.2) is 0 Å². The molecular formula is C32H53O8-. The molecule has 4 N–H and O–H groups in total. The van der Waals surface area contributed by atoms with Gasteiger partial charge in [-0.3, -0.25) is 4.79 Å². The number of carboxylic acids is 1. The van der Waals surface area contributed by atoms with E-state index in [2.05, 4.69) is 20.8 Å². The number of aliphatic hydroxyl groups excluding tert-OH is 4. The van der Waals surface area contributed by atoms with Crippen LogP contribution in [-0.4, -0.2) is 62.9 Å². The molecule has 8 heteroatoms. The summed E-state index contributed by atoms with van der Waals surface area (Å²) in [5.74, 6) is -0.685. The van der Waals surface area contributed by atoms with E-state index in [1.807, 2.05) is 20.8 Å². The van der Waals surface area contributed by atoms with Gasteiger partial charge in [0.25, 0.3) is 0 Å². The van der Waals surface area contributed by atoms with Gasteiger partial charge in [0.05, 0.1) is 29.8 Å². The first-order chi connectivity index (χ1) is 18.5. The highest BCUT2D eigenvalue weighted by Crippen LogP contribution is 2.69. The van der Waals surface area contributed by atoms with Crippen LogP contribution in [0.25, 0.3) is 0 Å². The lowest BCUT2D eigenvalue weighted by Crippen LogP contribution is -2.63. The lowest BCUT2D eigenvalue weighted by Gasteiger charge is -2.64. The van der Waals surface area contributed by atoms with E-state index in [4.69, 9.17) is 4.74 Å². The summed E-state index contributed by atoms with van der Waals surface area (Å²) in [6.45, 7) is 12.3. The molecule has 4 saturated carbocycles. The smallest absolute Gasteiger partial charge is 0.311 e. The van der Waals surface area contributed by atoms with Crippen molar-refractivity contribution in [2.75, 3.05) is 0 Å². The third-order valence-electron chi connectivity index (χ3n) is 11.9. The molecule has 2 unspecified atom stereocenters. The molecule has 8 nitrogen and oxygen atoms in total. The standard InChI is InChI=1S/C32H54O8/c1-17(11-20(34)14-21(35)15-27(37)38)22-7-8-23-28-24(16-26(32(22,23)6)40-29(39)30(2,3)4)31(5)10-9-19(33)12-18(31)13-25(28)36/h17-26,28,33-36H,7-16H2,1-6H3,(H,37,38)/p-1/t17-,18+,19-,20?,21?,22-,23+,24+,25-,26+,28+,31+,32-/m1/s1. The fourth-order valence-electron chi connectivity index (χ4n) is 9.87. The minimum absolute atomic E-state index is 0.0219. The van der Waals surface area contributed by atoms with Crippen LogP contribution in [0.15, 0.2) is 0 Å². The van der Waals surface area contributed by atoms with Gasteiger partial charge in [-0.05, 0) is 119 Å². The molecule has 4 aliphatic rings. The molecule has 4 rings (SSSR count). The Balaban J connectivity index is 1.63. The minimum atomic E-state index is -1.34. The zero-order valence-corrected chi connectivity index (χ0v) is 25.3. The molecule has 13 atom stereocenters. The number of aliphatic hydroxyl groups is 4. The average Bonchev–Trinajstić information content (AvgIpc) is 3.17. The fourth-order valence-corrected chi connectivity index (χ4v) is 9.87. The third-order valence-corrected chi connectivity index (χ3v) is 11.9. The lowest BCUT2D eigenvalue weighted by molar-refractivity contribution is -0.307. The lowest BCUT2D eigenvalue weighted by atomic mass is 9.43. The van der Waals surface area contributed by atoms with Crippen LogP contribution in [0.1, 0.15) is 106 Å². The van der Waals surface area contributed by atoms with Crippen molar-refractivity contribution in [2.24, 2.45) is 51.8 Å². The highest BCUT2D eigenvalue weighted by Gasteiger charge is 2.67. The van der Waals surface area contributed by atoms with Crippen LogP contribution < -0.4 is 5.11 Å². The monoisotopic (exact) mass is 565 g/mol. The largest absolute Gasteiger partial charge is 0.550 e. The summed E-state index contributed by atoms with van der Waals surface area (Å²) in [7, 11) is 0. The molecule has 230 valence electrons. The Morgan fingerprint density at radius 3 is 2.27 bits per heavy atom. The molecule has 0 radical (unpaired) electrons. The number of fused-ring (bicyclic) bond motifs is 5. The zero-order chi connectivity index (χ0) is 29.8. The zero-order valence-electron chi connectivity index (χ0n) is 25.3. The second kappa shape index (κ2) is 11.5. The average molecular weight is 566 g/mol. The predicted molar refractivity (Wildman–Crippen MR) is 147 cm³/mol. The first-order valence-electron chi connectivity index (χ1n) is 15.6. The Morgan fingerprint density at radius 2 is 1.65 bits per heavy atom. The van der Waals surface area contributed by atoms with Crippen molar-refractivity contribution < 1.29 is 39.9 Å². The van der Waals surface area contributed by atoms with E-state index in [0.717, 1.165) is 25.7 Å². The number of carbonyl (C=O) groups is 2. The Kier molecular flexibility index (Phi) is 9.09. The molecule has 0 amide bonds. The van der Waals surface area contributed by atoms with Crippen LogP contribution in [0, 0.1) is 51.8 Å². The normalized spacial score (nSPS) is 43.5. The van der Waals surface area contributed by atoms with Crippen LogP contribution in [-0.2, 0) is 14.3 Å². The summed E-state index contributed by atoms with van der Waals surface area (Å²) < 4.78 is 6.45. The minimum Gasteiger partial charge on any atom is -0.550 e. The van der Waals surface area contributed by atoms with Crippen molar-refractivity contribution in [3.8, 4) is 0 Å². The summed E-state index contributed by atoms with van der Waals surface area (Å²) in [6.07, 6.45) is 2.36. The number of aliphatic carboxylic acids is 1. The maximum absolute atomic E-state index is 13.3. The number of hydrogen-bond acceptors (Lipinski definition) is 8. The molecule has 0 spiro atoms. The number of carboxylic acid groups (broad SMARTS) is 1. The Hall–Kier alpha value is -1.22. The molecule has 0 aromatic heterocycles. The van der Waals surface area contributed by atoms with Crippen LogP contribution in [0.5, 0.6) is 0 Å². The highest BCUT2D eigenvalue weighted by atomic mass is 16.5. The van der Waals surface area contributed by atoms with Gasteiger partial charge in [0.1, 0.15) is 6.10 Å². The molecule has 40 heavy (non-hydrogen) atoms. The number of esters is 1. The maximum atomic E-state index is 13.3. The van der Waals surface area contributed by atoms with E-state index in [1.54, 1.807) is 0 Å². The summed E-state index contributed by atoms with van der Waals surface area (Å²) in [4.78, 5) is 24.2. The highest BCUT2D eigenvalue weighted by molar-refractivity contribution is 5.75. The quantitative estimate of drug-likeness (QED) is 0.329. The second-order valence-corrected chi connectivity index (χ2v) is 15.5. The van der Waals surface area contributed by atoms with Crippen molar-refractivity contribution in [2.45, 2.75) is 136 Å². The van der Waals surface area contributed by atoms with Gasteiger partial charge in [-0.15, -0.1) is 0 Å². The first-order valence-corrected chi connectivity index (χ1v) is 15.6. The molecule has 0 saturated heterocycles. The number of ether oxygens (including phenoxy) is 1. The second-order valence-electron chi connectivity index (χ2n) is 15.5. The SMILES string of the molecule is C[C@H](CC(O)CC(O)CC(=O)[O-])[C@H]1CC[C@H]2[C@@H]3[C@H](O)C[C@@H]4C[C@H](O)CC[C@]4(C)[C@H]3C[C@H](OC(=O)C(C)(C)C)[C@]12C. The molecular weight excluding hydrogens is 512 g/mol. The van der Waals surface area contributed by atoms with Crippen molar-refractivity contribution in [3.05, 3.63) is 0 Å². The first kappa shape index (κ1) is 31.7. The van der Waals surface area contributed by atoms with Gasteiger partial charge >= 0.3 is 5.97 Å². The Labute approximate surface area is 239 Å². The van der Waals surface area contributed by atoms with Crippen molar-refractivity contribution in [1.82, 2.24) is 0 Å². The third kappa shape index (κ3) is 5.84. The number of hydrogen-bond donors (Lipinski definition) is 4. The number of carbonyl (C=O) groups excluding carboxylic acids is 2. The summed E-state index contributed by atoms with van der Waals surface area (Å²) in [6, 6.07) is 0. The molecule has 0 heterocycles. The summed E-state index contributed by atoms with van der Waals surface area (Å²) in [5.41, 5.74) is -1.06. The number of rotatable bonds is 8. The van der Waals surface area contributed by atoms with Gasteiger partial charge in [-0.25, -0.2) is 0 Å². The van der Waals surface area contributed by atoms with Crippen molar-refractivity contribution in [1.29, 1.82) is 0 Å². The predicted octanol–water partition coefficient (Wildman–Crippen LogP) is 2.82. The van der Waals surface area contributed by atoms with Gasteiger partial charge < -0.3 is 35.1 Å². The van der Waals surface area contributed by atoms with Gasteiger partial charge in [0.2, 0.25) is 0 Å². The van der Waals surface area contributed by atoms with E-state index in [0.29, 0.717) is 25.7 Å². The van der Waals surface area contributed by atoms with Crippen LogP contribution in [0.3, 0.4) is 0 Å². The van der Waals surface area contributed by atoms with Crippen LogP contribution in [0.4, 0.5) is 0 Å². The van der Waals surface area contributed by atoms with Crippen LogP contribution in [0.2, 0.25) is 0 Å². The van der Waals surface area contributed by atoms with E-state index in [1.165, 1.54) is 0 Å². The topological polar surface area (TPSA) is 147 Å². The van der Waals surface area contributed by atoms with Gasteiger partial charge in [-0.2, -0.15) is 0 Å². The van der Waals surface area contributed by atoms with E-state index in [-0.39, 0.29) is 70.9 Å². The Morgan fingerprint density at radius 1 is 0.975 bits per heavy atom. The molecule has 4 aliphatic carbocycles. The summed E-state index contributed by atoms with van der Waals surface area (Å²) in [5, 5.41) is 53.7. The molecule has 0 aromatic rings. The van der Waals surface area contributed by atoms with Gasteiger partial charge in [-0.1, -0.05) is 20.8 Å². The Bertz CT molecular complexity index is 930. The fraction of sp³-hybridized carbons (Fsp3) is 0.938. The van der Waals surface area contributed by atoms with Gasteiger partial charge in [0, 0.05) is 17.8 Å². The van der Waals surface area contributed by atoms with Crippen LogP contribution >= 0.6 is 0 Å².